The number of nitrogens with one attached hydrogen (secondary N) is 1. The molecule has 1 aromatic heterocycles. The molecule has 88 valence electrons. The summed E-state index contributed by atoms with van der Waals surface area (Å²) in [5.41, 5.74) is -0.226. The standard InChI is InChI=1S/C9H11F2N3O2/c1-2-5(8(10)11)14-7-4-12-6(3-13-7)9(15)16/h3-5,8H,2H2,1H3,(H,13,14)(H,15,16)/t5-/m1/s1. The molecule has 0 bridgehead atoms. The fourth-order valence-electron chi connectivity index (χ4n) is 1.05. The molecule has 0 saturated heterocycles. The van der Waals surface area contributed by atoms with E-state index in [1.54, 1.807) is 6.92 Å². The largest absolute Gasteiger partial charge is 0.476 e. The maximum Gasteiger partial charge on any atom is 0.356 e. The van der Waals surface area contributed by atoms with Crippen molar-refractivity contribution in [2.24, 2.45) is 0 Å². The van der Waals surface area contributed by atoms with Crippen LogP contribution in [0.1, 0.15) is 23.8 Å². The summed E-state index contributed by atoms with van der Waals surface area (Å²) < 4.78 is 24.8. The highest BCUT2D eigenvalue weighted by atomic mass is 19.3. The molecule has 2 N–H and O–H groups in total. The fraction of sp³-hybridized carbons (Fsp3) is 0.444. The van der Waals surface area contributed by atoms with E-state index in [1.807, 2.05) is 0 Å². The van der Waals surface area contributed by atoms with Gasteiger partial charge in [0.1, 0.15) is 5.82 Å². The summed E-state index contributed by atoms with van der Waals surface area (Å²) in [6.07, 6.45) is -0.136. The molecule has 0 radical (unpaired) electrons. The predicted molar refractivity (Wildman–Crippen MR) is 52.7 cm³/mol. The summed E-state index contributed by atoms with van der Waals surface area (Å²) in [7, 11) is 0. The molecular formula is C9H11F2N3O2. The summed E-state index contributed by atoms with van der Waals surface area (Å²) in [6.45, 7) is 1.61. The van der Waals surface area contributed by atoms with Gasteiger partial charge >= 0.3 is 5.97 Å². The number of rotatable bonds is 5. The minimum Gasteiger partial charge on any atom is -0.476 e. The van der Waals surface area contributed by atoms with Gasteiger partial charge in [-0.3, -0.25) is 0 Å². The van der Waals surface area contributed by atoms with Crippen LogP contribution in [0.25, 0.3) is 0 Å². The molecule has 1 aromatic rings. The number of aromatic nitrogens is 2. The van der Waals surface area contributed by atoms with Crippen LogP contribution in [0, 0.1) is 0 Å². The highest BCUT2D eigenvalue weighted by Crippen LogP contribution is 2.11. The molecule has 0 saturated carbocycles. The van der Waals surface area contributed by atoms with Crippen LogP contribution in [-0.4, -0.2) is 33.5 Å². The minimum atomic E-state index is -2.51. The molecule has 5 nitrogen and oxygen atoms in total. The van der Waals surface area contributed by atoms with Crippen molar-refractivity contribution in [3.8, 4) is 0 Å². The van der Waals surface area contributed by atoms with Crippen molar-refractivity contribution < 1.29 is 18.7 Å². The number of alkyl halides is 2. The van der Waals surface area contributed by atoms with Crippen LogP contribution in [0.5, 0.6) is 0 Å². The first-order chi connectivity index (χ1) is 7.54. The molecule has 1 rings (SSSR count). The molecule has 0 fully saturated rings. The van der Waals surface area contributed by atoms with Crippen LogP contribution in [-0.2, 0) is 0 Å². The van der Waals surface area contributed by atoms with Gasteiger partial charge in [0, 0.05) is 0 Å². The molecule has 0 aromatic carbocycles. The van der Waals surface area contributed by atoms with E-state index < -0.39 is 18.4 Å². The minimum absolute atomic E-state index is 0.136. The van der Waals surface area contributed by atoms with Gasteiger partial charge in [-0.1, -0.05) is 6.92 Å². The first kappa shape index (κ1) is 12.3. The van der Waals surface area contributed by atoms with E-state index in [4.69, 9.17) is 5.11 Å². The van der Waals surface area contributed by atoms with Gasteiger partial charge in [-0.15, -0.1) is 0 Å². The molecule has 16 heavy (non-hydrogen) atoms. The van der Waals surface area contributed by atoms with Crippen molar-refractivity contribution >= 4 is 11.8 Å². The number of nitrogens with zero attached hydrogens (tertiary/aromatic N) is 2. The highest BCUT2D eigenvalue weighted by Gasteiger charge is 2.18. The summed E-state index contributed by atoms with van der Waals surface area (Å²) in [5.74, 6) is -1.07. The maximum absolute atomic E-state index is 12.4. The van der Waals surface area contributed by atoms with Crippen LogP contribution >= 0.6 is 0 Å². The van der Waals surface area contributed by atoms with Crippen LogP contribution in [0.3, 0.4) is 0 Å². The van der Waals surface area contributed by atoms with Crippen molar-refractivity contribution in [2.45, 2.75) is 25.8 Å². The number of halogens is 2. The number of hydrogen-bond acceptors (Lipinski definition) is 4. The number of hydrogen-bond donors (Lipinski definition) is 2. The quantitative estimate of drug-likeness (QED) is 0.805. The Morgan fingerprint density at radius 1 is 1.50 bits per heavy atom. The molecule has 0 unspecified atom stereocenters. The summed E-state index contributed by atoms with van der Waals surface area (Å²) in [6, 6.07) is -1.01. The molecule has 0 aliphatic carbocycles. The second kappa shape index (κ2) is 5.34. The number of carbonyl (C=O) groups is 1. The summed E-state index contributed by atoms with van der Waals surface area (Å²) in [5, 5.41) is 11.0. The van der Waals surface area contributed by atoms with E-state index >= 15 is 0 Å². The smallest absolute Gasteiger partial charge is 0.356 e. The van der Waals surface area contributed by atoms with Crippen molar-refractivity contribution in [3.05, 3.63) is 18.1 Å². The third-order valence-electron chi connectivity index (χ3n) is 1.95. The Morgan fingerprint density at radius 3 is 2.56 bits per heavy atom. The molecule has 0 aliphatic rings. The molecule has 0 aliphatic heterocycles. The third kappa shape index (κ3) is 3.11. The Bertz CT molecular complexity index is 356. The lowest BCUT2D eigenvalue weighted by Crippen LogP contribution is -2.27. The Hall–Kier alpha value is -1.79. The lowest BCUT2D eigenvalue weighted by molar-refractivity contribution is 0.0690. The van der Waals surface area contributed by atoms with E-state index in [9.17, 15) is 13.6 Å². The van der Waals surface area contributed by atoms with Gasteiger partial charge in [-0.05, 0) is 6.42 Å². The highest BCUT2D eigenvalue weighted by molar-refractivity contribution is 5.84. The molecule has 0 amide bonds. The van der Waals surface area contributed by atoms with E-state index in [2.05, 4.69) is 15.3 Å². The monoisotopic (exact) mass is 231 g/mol. The SMILES string of the molecule is CC[C@@H](Nc1cnc(C(=O)O)cn1)C(F)F. The van der Waals surface area contributed by atoms with Crippen LogP contribution < -0.4 is 5.32 Å². The zero-order chi connectivity index (χ0) is 12.1. The maximum atomic E-state index is 12.4. The van der Waals surface area contributed by atoms with Gasteiger partial charge in [0.05, 0.1) is 18.4 Å². The molecule has 1 atom stereocenters. The Kier molecular flexibility index (Phi) is 4.10. The second-order valence-corrected chi connectivity index (χ2v) is 3.09. The van der Waals surface area contributed by atoms with Crippen LogP contribution in [0.4, 0.5) is 14.6 Å². The molecule has 7 heteroatoms. The van der Waals surface area contributed by atoms with Crippen LogP contribution in [0.2, 0.25) is 0 Å². The number of carboxylic acids is 1. The average molecular weight is 231 g/mol. The Balaban J connectivity index is 2.71. The Labute approximate surface area is 90.5 Å². The van der Waals surface area contributed by atoms with Crippen molar-refractivity contribution in [1.29, 1.82) is 0 Å². The van der Waals surface area contributed by atoms with Crippen molar-refractivity contribution in [1.82, 2.24) is 9.97 Å². The van der Waals surface area contributed by atoms with Gasteiger partial charge < -0.3 is 10.4 Å². The van der Waals surface area contributed by atoms with E-state index in [0.29, 0.717) is 0 Å². The number of aromatic carboxylic acids is 1. The van der Waals surface area contributed by atoms with Gasteiger partial charge in [0.25, 0.3) is 6.43 Å². The fourth-order valence-corrected chi connectivity index (χ4v) is 1.05. The normalized spacial score (nSPS) is 12.5. The predicted octanol–water partition coefficient (Wildman–Crippen LogP) is 1.63. The first-order valence-corrected chi connectivity index (χ1v) is 4.64. The second-order valence-electron chi connectivity index (χ2n) is 3.09. The van der Waals surface area contributed by atoms with Gasteiger partial charge in [0.2, 0.25) is 0 Å². The van der Waals surface area contributed by atoms with Gasteiger partial charge in [-0.25, -0.2) is 23.5 Å². The third-order valence-corrected chi connectivity index (χ3v) is 1.95. The van der Waals surface area contributed by atoms with Gasteiger partial charge in [0.15, 0.2) is 5.69 Å². The number of anilines is 1. The average Bonchev–Trinajstić information content (AvgIpc) is 2.26. The lowest BCUT2D eigenvalue weighted by atomic mass is 10.2. The molecule has 1 heterocycles. The summed E-state index contributed by atoms with van der Waals surface area (Å²) >= 11 is 0. The number of carboxylic acid groups (broad SMARTS) is 1. The van der Waals surface area contributed by atoms with Crippen molar-refractivity contribution in [3.63, 3.8) is 0 Å². The molecule has 0 spiro atoms. The Morgan fingerprint density at radius 2 is 2.19 bits per heavy atom. The summed E-state index contributed by atoms with van der Waals surface area (Å²) in [4.78, 5) is 17.7. The van der Waals surface area contributed by atoms with E-state index in [0.717, 1.165) is 12.4 Å². The van der Waals surface area contributed by atoms with Crippen molar-refractivity contribution in [2.75, 3.05) is 5.32 Å². The molecular weight excluding hydrogens is 220 g/mol. The van der Waals surface area contributed by atoms with Gasteiger partial charge in [-0.2, -0.15) is 0 Å². The van der Waals surface area contributed by atoms with Crippen LogP contribution in [0.15, 0.2) is 12.4 Å². The zero-order valence-electron chi connectivity index (χ0n) is 8.52. The van der Waals surface area contributed by atoms with E-state index in [1.165, 1.54) is 0 Å². The van der Waals surface area contributed by atoms with E-state index in [-0.39, 0.29) is 17.9 Å². The first-order valence-electron chi connectivity index (χ1n) is 4.64. The lowest BCUT2D eigenvalue weighted by Gasteiger charge is -2.15. The zero-order valence-corrected chi connectivity index (χ0v) is 8.52. The topological polar surface area (TPSA) is 75.1 Å².